The lowest BCUT2D eigenvalue weighted by Crippen LogP contribution is -2.53. The molecule has 156 valence electrons. The number of benzene rings is 1. The first-order valence-corrected chi connectivity index (χ1v) is 11.7. The van der Waals surface area contributed by atoms with Crippen LogP contribution in [0.15, 0.2) is 24.3 Å². The standard InChI is InChI=1S/C26H40O2/c1-17(2)10-24(18(3)4)22-6-8-23(9-7-22)28-25(27-5)26-14-19-11-20(15-26)13-21(12-19)16-26/h6-9,17-21,24-25H,10-16H2,1-5H3. The second-order valence-corrected chi connectivity index (χ2v) is 11.0. The molecule has 2 atom stereocenters. The summed E-state index contributed by atoms with van der Waals surface area (Å²) in [6, 6.07) is 8.93. The third-order valence-electron chi connectivity index (χ3n) is 7.88. The first kappa shape index (κ1) is 20.3. The van der Waals surface area contributed by atoms with Gasteiger partial charge in [-0.1, -0.05) is 39.8 Å². The van der Waals surface area contributed by atoms with Gasteiger partial charge in [-0.05, 0) is 98.1 Å². The third-order valence-corrected chi connectivity index (χ3v) is 7.88. The molecule has 4 bridgehead atoms. The second-order valence-electron chi connectivity index (χ2n) is 11.0. The number of ether oxygens (including phenoxy) is 2. The fourth-order valence-electron chi connectivity index (χ4n) is 7.11. The molecule has 0 aliphatic heterocycles. The summed E-state index contributed by atoms with van der Waals surface area (Å²) in [4.78, 5) is 0. The highest BCUT2D eigenvalue weighted by molar-refractivity contribution is 5.30. The molecule has 0 spiro atoms. The van der Waals surface area contributed by atoms with Crippen molar-refractivity contribution in [2.45, 2.75) is 84.8 Å². The molecule has 0 saturated heterocycles. The molecule has 4 fully saturated rings. The van der Waals surface area contributed by atoms with Crippen LogP contribution in [0.2, 0.25) is 0 Å². The van der Waals surface area contributed by atoms with Gasteiger partial charge in [0.25, 0.3) is 0 Å². The highest BCUT2D eigenvalue weighted by atomic mass is 16.7. The summed E-state index contributed by atoms with van der Waals surface area (Å²) in [5.41, 5.74) is 1.69. The van der Waals surface area contributed by atoms with E-state index >= 15 is 0 Å². The lowest BCUT2D eigenvalue weighted by molar-refractivity contribution is -0.204. The maximum atomic E-state index is 6.50. The average molecular weight is 385 g/mol. The Morgan fingerprint density at radius 3 is 1.86 bits per heavy atom. The molecule has 0 radical (unpaired) electrons. The number of rotatable bonds is 8. The summed E-state index contributed by atoms with van der Waals surface area (Å²) >= 11 is 0. The van der Waals surface area contributed by atoms with Crippen LogP contribution in [0.5, 0.6) is 5.75 Å². The van der Waals surface area contributed by atoms with Crippen LogP contribution in [0.1, 0.15) is 84.1 Å². The molecule has 0 aromatic heterocycles. The van der Waals surface area contributed by atoms with Gasteiger partial charge in [0, 0.05) is 12.5 Å². The molecule has 4 saturated carbocycles. The zero-order chi connectivity index (χ0) is 19.9. The van der Waals surface area contributed by atoms with E-state index in [1.54, 1.807) is 0 Å². The largest absolute Gasteiger partial charge is 0.464 e. The second kappa shape index (κ2) is 8.01. The topological polar surface area (TPSA) is 18.5 Å². The Morgan fingerprint density at radius 2 is 1.43 bits per heavy atom. The van der Waals surface area contributed by atoms with Crippen molar-refractivity contribution >= 4 is 0 Å². The molecular formula is C26H40O2. The molecule has 5 rings (SSSR count). The first-order chi connectivity index (χ1) is 13.4. The molecular weight excluding hydrogens is 344 g/mol. The predicted molar refractivity (Wildman–Crippen MR) is 116 cm³/mol. The zero-order valence-electron chi connectivity index (χ0n) is 18.6. The quantitative estimate of drug-likeness (QED) is 0.447. The van der Waals surface area contributed by atoms with E-state index in [1.807, 2.05) is 7.11 Å². The van der Waals surface area contributed by atoms with E-state index in [1.165, 1.54) is 50.5 Å². The molecule has 1 aromatic carbocycles. The van der Waals surface area contributed by atoms with Crippen molar-refractivity contribution < 1.29 is 9.47 Å². The molecule has 4 aliphatic carbocycles. The maximum absolute atomic E-state index is 6.50. The Kier molecular flexibility index (Phi) is 5.80. The minimum atomic E-state index is -0.0942. The van der Waals surface area contributed by atoms with Crippen molar-refractivity contribution in [3.05, 3.63) is 29.8 Å². The fourth-order valence-corrected chi connectivity index (χ4v) is 7.11. The summed E-state index contributed by atoms with van der Waals surface area (Å²) in [5.74, 6) is 5.71. The van der Waals surface area contributed by atoms with Crippen molar-refractivity contribution in [1.82, 2.24) is 0 Å². The first-order valence-electron chi connectivity index (χ1n) is 11.7. The Bertz CT molecular complexity index is 610. The van der Waals surface area contributed by atoms with Gasteiger partial charge in [-0.2, -0.15) is 0 Å². The van der Waals surface area contributed by atoms with E-state index in [0.29, 0.717) is 11.8 Å². The van der Waals surface area contributed by atoms with Crippen molar-refractivity contribution in [3.63, 3.8) is 0 Å². The molecule has 0 N–H and O–H groups in total. The number of methoxy groups -OCH3 is 1. The molecule has 4 aliphatic rings. The summed E-state index contributed by atoms with van der Waals surface area (Å²) < 4.78 is 12.5. The van der Waals surface area contributed by atoms with Gasteiger partial charge in [0.15, 0.2) is 0 Å². The number of hydrogen-bond donors (Lipinski definition) is 0. The van der Waals surface area contributed by atoms with Gasteiger partial charge in [0.05, 0.1) is 0 Å². The van der Waals surface area contributed by atoms with Gasteiger partial charge in [0.2, 0.25) is 6.29 Å². The van der Waals surface area contributed by atoms with Crippen LogP contribution < -0.4 is 4.74 Å². The normalized spacial score (nSPS) is 33.5. The van der Waals surface area contributed by atoms with Crippen LogP contribution in [0.25, 0.3) is 0 Å². The fraction of sp³-hybridized carbons (Fsp3) is 0.769. The molecule has 1 aromatic rings. The minimum Gasteiger partial charge on any atom is -0.464 e. The Balaban J connectivity index is 1.47. The highest BCUT2D eigenvalue weighted by Gasteiger charge is 2.55. The highest BCUT2D eigenvalue weighted by Crippen LogP contribution is 2.61. The number of hydrogen-bond acceptors (Lipinski definition) is 2. The van der Waals surface area contributed by atoms with Gasteiger partial charge in [-0.3, -0.25) is 0 Å². The molecule has 2 nitrogen and oxygen atoms in total. The lowest BCUT2D eigenvalue weighted by Gasteiger charge is -2.58. The van der Waals surface area contributed by atoms with Crippen LogP contribution in [0, 0.1) is 35.0 Å². The molecule has 0 heterocycles. The van der Waals surface area contributed by atoms with Crippen molar-refractivity contribution in [2.75, 3.05) is 7.11 Å². The maximum Gasteiger partial charge on any atom is 0.205 e. The van der Waals surface area contributed by atoms with Gasteiger partial charge >= 0.3 is 0 Å². The van der Waals surface area contributed by atoms with Gasteiger partial charge in [-0.25, -0.2) is 0 Å². The minimum absolute atomic E-state index is 0.0942. The molecule has 2 heteroatoms. The third kappa shape index (κ3) is 3.99. The SMILES string of the molecule is COC(Oc1ccc(C(CC(C)C)C(C)C)cc1)C12CC3CC(CC(C3)C1)C2. The Labute approximate surface area is 172 Å². The van der Waals surface area contributed by atoms with Crippen LogP contribution in [0.3, 0.4) is 0 Å². The lowest BCUT2D eigenvalue weighted by atomic mass is 9.49. The Morgan fingerprint density at radius 1 is 0.893 bits per heavy atom. The van der Waals surface area contributed by atoms with Crippen LogP contribution in [0.4, 0.5) is 0 Å². The smallest absolute Gasteiger partial charge is 0.205 e. The van der Waals surface area contributed by atoms with E-state index in [2.05, 4.69) is 52.0 Å². The predicted octanol–water partition coefficient (Wildman–Crippen LogP) is 7.04. The van der Waals surface area contributed by atoms with E-state index in [9.17, 15) is 0 Å². The van der Waals surface area contributed by atoms with E-state index in [0.717, 1.165) is 29.4 Å². The summed E-state index contributed by atoms with van der Waals surface area (Å²) in [6.07, 6.45) is 9.43. The van der Waals surface area contributed by atoms with Crippen molar-refractivity contribution in [2.24, 2.45) is 35.0 Å². The van der Waals surface area contributed by atoms with E-state index < -0.39 is 0 Å². The van der Waals surface area contributed by atoms with Crippen LogP contribution >= 0.6 is 0 Å². The van der Waals surface area contributed by atoms with E-state index in [-0.39, 0.29) is 11.7 Å². The van der Waals surface area contributed by atoms with E-state index in [4.69, 9.17) is 9.47 Å². The van der Waals surface area contributed by atoms with Crippen LogP contribution in [-0.2, 0) is 4.74 Å². The molecule has 28 heavy (non-hydrogen) atoms. The summed E-state index contributed by atoms with van der Waals surface area (Å²) in [7, 11) is 1.84. The van der Waals surface area contributed by atoms with Crippen molar-refractivity contribution in [3.8, 4) is 5.75 Å². The monoisotopic (exact) mass is 384 g/mol. The van der Waals surface area contributed by atoms with Gasteiger partial charge in [-0.15, -0.1) is 0 Å². The van der Waals surface area contributed by atoms with Crippen LogP contribution in [-0.4, -0.2) is 13.4 Å². The zero-order valence-corrected chi connectivity index (χ0v) is 18.6. The average Bonchev–Trinajstić information content (AvgIpc) is 2.63. The van der Waals surface area contributed by atoms with Crippen molar-refractivity contribution in [1.29, 1.82) is 0 Å². The summed E-state index contributed by atoms with van der Waals surface area (Å²) in [5, 5.41) is 0. The molecule has 0 amide bonds. The molecule has 2 unspecified atom stereocenters. The Hall–Kier alpha value is -1.02. The van der Waals surface area contributed by atoms with Gasteiger partial charge < -0.3 is 9.47 Å². The van der Waals surface area contributed by atoms with Gasteiger partial charge in [0.1, 0.15) is 5.75 Å². The summed E-state index contributed by atoms with van der Waals surface area (Å²) in [6.45, 7) is 9.32.